The van der Waals surface area contributed by atoms with Crippen molar-refractivity contribution in [2.45, 2.75) is 32.6 Å². The summed E-state index contributed by atoms with van der Waals surface area (Å²) < 4.78 is 13.4. The number of hydrogen-bond acceptors (Lipinski definition) is 1. The second-order valence-corrected chi connectivity index (χ2v) is 6.76. The summed E-state index contributed by atoms with van der Waals surface area (Å²) in [6.45, 7) is 4.16. The second kappa shape index (κ2) is 5.06. The van der Waals surface area contributed by atoms with Gasteiger partial charge in [-0.1, -0.05) is 18.5 Å². The molecule has 2 aliphatic rings. The third kappa shape index (κ3) is 2.80. The average Bonchev–Trinajstić information content (AvgIpc) is 3.00. The normalized spacial score (nSPS) is 32.4. The highest BCUT2D eigenvalue weighted by Gasteiger charge is 2.53. The zero-order valence-electron chi connectivity index (χ0n) is 11.4. The van der Waals surface area contributed by atoms with E-state index in [2.05, 4.69) is 12.2 Å². The summed E-state index contributed by atoms with van der Waals surface area (Å²) in [5.74, 6) is 1.66. The van der Waals surface area contributed by atoms with Crippen LogP contribution in [0.5, 0.6) is 0 Å². The van der Waals surface area contributed by atoms with E-state index in [1.54, 1.807) is 12.1 Å². The summed E-state index contributed by atoms with van der Waals surface area (Å²) in [5.41, 5.74) is 1.27. The van der Waals surface area contributed by atoms with E-state index in [1.165, 1.54) is 25.3 Å². The van der Waals surface area contributed by atoms with Gasteiger partial charge in [0.15, 0.2) is 0 Å². The maximum atomic E-state index is 13.4. The van der Waals surface area contributed by atoms with Crippen LogP contribution in [0.25, 0.3) is 0 Å². The average molecular weight is 282 g/mol. The molecule has 2 saturated carbocycles. The molecular weight excluding hydrogens is 261 g/mol. The van der Waals surface area contributed by atoms with Crippen molar-refractivity contribution in [3.05, 3.63) is 34.6 Å². The molecule has 1 aromatic rings. The molecule has 0 saturated heterocycles. The molecule has 1 N–H and O–H groups in total. The Morgan fingerprint density at radius 1 is 1.37 bits per heavy atom. The fourth-order valence-corrected chi connectivity index (χ4v) is 4.01. The Morgan fingerprint density at radius 3 is 2.79 bits per heavy atom. The molecule has 0 radical (unpaired) electrons. The van der Waals surface area contributed by atoms with Crippen LogP contribution < -0.4 is 5.32 Å². The quantitative estimate of drug-likeness (QED) is 0.859. The standard InChI is InChI=1S/C16H21ClFN/c1-2-19-10-16(7-11-5-12(11)8-16)9-13-6-14(18)3-4-15(13)17/h3-4,6,11-12,19H,2,5,7-10H2,1H3. The van der Waals surface area contributed by atoms with Crippen molar-refractivity contribution in [3.63, 3.8) is 0 Å². The van der Waals surface area contributed by atoms with E-state index in [0.29, 0.717) is 10.4 Å². The van der Waals surface area contributed by atoms with Gasteiger partial charge in [-0.15, -0.1) is 0 Å². The topological polar surface area (TPSA) is 12.0 Å². The van der Waals surface area contributed by atoms with Gasteiger partial charge >= 0.3 is 0 Å². The summed E-state index contributed by atoms with van der Waals surface area (Å²) in [4.78, 5) is 0. The molecule has 2 aliphatic carbocycles. The molecule has 1 aromatic carbocycles. The van der Waals surface area contributed by atoms with E-state index in [-0.39, 0.29) is 5.82 Å². The van der Waals surface area contributed by atoms with Crippen LogP contribution in [0.4, 0.5) is 4.39 Å². The highest BCUT2D eigenvalue weighted by Crippen LogP contribution is 2.60. The Hall–Kier alpha value is -0.600. The fourth-order valence-electron chi connectivity index (χ4n) is 3.83. The number of nitrogens with one attached hydrogen (secondary N) is 1. The highest BCUT2D eigenvalue weighted by molar-refractivity contribution is 6.31. The predicted octanol–water partition coefficient (Wildman–Crippen LogP) is 4.05. The number of hydrogen-bond donors (Lipinski definition) is 1. The molecule has 2 fully saturated rings. The van der Waals surface area contributed by atoms with E-state index in [9.17, 15) is 4.39 Å². The first-order chi connectivity index (χ1) is 9.12. The zero-order valence-corrected chi connectivity index (χ0v) is 12.1. The fraction of sp³-hybridized carbons (Fsp3) is 0.625. The van der Waals surface area contributed by atoms with Crippen LogP contribution in [-0.2, 0) is 6.42 Å². The van der Waals surface area contributed by atoms with Crippen LogP contribution >= 0.6 is 11.6 Å². The largest absolute Gasteiger partial charge is 0.316 e. The maximum Gasteiger partial charge on any atom is 0.123 e. The van der Waals surface area contributed by atoms with E-state index in [0.717, 1.165) is 36.9 Å². The van der Waals surface area contributed by atoms with Crippen LogP contribution in [0.2, 0.25) is 5.02 Å². The molecule has 2 atom stereocenters. The molecule has 3 heteroatoms. The van der Waals surface area contributed by atoms with Crippen molar-refractivity contribution in [2.75, 3.05) is 13.1 Å². The number of benzene rings is 1. The van der Waals surface area contributed by atoms with Crippen LogP contribution in [0.1, 0.15) is 31.7 Å². The van der Waals surface area contributed by atoms with Gasteiger partial charge in [-0.3, -0.25) is 0 Å². The summed E-state index contributed by atoms with van der Waals surface area (Å²) in [7, 11) is 0. The minimum atomic E-state index is -0.179. The van der Waals surface area contributed by atoms with Gasteiger partial charge in [-0.2, -0.15) is 0 Å². The molecule has 3 rings (SSSR count). The van der Waals surface area contributed by atoms with E-state index >= 15 is 0 Å². The SMILES string of the molecule is CCNCC1(Cc2cc(F)ccc2Cl)CC2CC2C1. The Kier molecular flexibility index (Phi) is 3.57. The lowest BCUT2D eigenvalue weighted by molar-refractivity contribution is 0.250. The smallest absolute Gasteiger partial charge is 0.123 e. The van der Waals surface area contributed by atoms with E-state index in [4.69, 9.17) is 11.6 Å². The van der Waals surface area contributed by atoms with Gasteiger partial charge in [0.05, 0.1) is 0 Å². The first-order valence-electron chi connectivity index (χ1n) is 7.26. The Balaban J connectivity index is 1.79. The van der Waals surface area contributed by atoms with Crippen molar-refractivity contribution < 1.29 is 4.39 Å². The van der Waals surface area contributed by atoms with Crippen molar-refractivity contribution in [2.24, 2.45) is 17.3 Å². The Bertz CT molecular complexity index is 464. The van der Waals surface area contributed by atoms with Crippen LogP contribution in [0, 0.1) is 23.1 Å². The molecule has 0 spiro atoms. The number of rotatable bonds is 5. The molecule has 1 nitrogen and oxygen atoms in total. The molecule has 104 valence electrons. The number of halogens is 2. The van der Waals surface area contributed by atoms with Crippen LogP contribution in [-0.4, -0.2) is 13.1 Å². The molecule has 2 unspecified atom stereocenters. The van der Waals surface area contributed by atoms with Crippen LogP contribution in [0.3, 0.4) is 0 Å². The van der Waals surface area contributed by atoms with Crippen molar-refractivity contribution in [1.29, 1.82) is 0 Å². The van der Waals surface area contributed by atoms with Crippen molar-refractivity contribution >= 4 is 11.6 Å². The second-order valence-electron chi connectivity index (χ2n) is 6.36. The predicted molar refractivity (Wildman–Crippen MR) is 76.9 cm³/mol. The monoisotopic (exact) mass is 281 g/mol. The first-order valence-corrected chi connectivity index (χ1v) is 7.64. The molecule has 0 heterocycles. The Morgan fingerprint density at radius 2 is 2.11 bits per heavy atom. The van der Waals surface area contributed by atoms with Gasteiger partial charge in [-0.05, 0) is 73.2 Å². The minimum Gasteiger partial charge on any atom is -0.316 e. The number of fused-ring (bicyclic) bond motifs is 1. The maximum absolute atomic E-state index is 13.4. The van der Waals surface area contributed by atoms with E-state index < -0.39 is 0 Å². The van der Waals surface area contributed by atoms with Gasteiger partial charge in [0.2, 0.25) is 0 Å². The van der Waals surface area contributed by atoms with Gasteiger partial charge in [0.25, 0.3) is 0 Å². The molecule has 0 aliphatic heterocycles. The van der Waals surface area contributed by atoms with E-state index in [1.807, 2.05) is 0 Å². The summed E-state index contributed by atoms with van der Waals surface area (Å²) >= 11 is 6.23. The van der Waals surface area contributed by atoms with Gasteiger partial charge in [-0.25, -0.2) is 4.39 Å². The van der Waals surface area contributed by atoms with Gasteiger partial charge < -0.3 is 5.32 Å². The summed E-state index contributed by atoms with van der Waals surface area (Å²) in [6.07, 6.45) is 4.86. The molecular formula is C16H21ClFN. The lowest BCUT2D eigenvalue weighted by Crippen LogP contribution is -2.35. The lowest BCUT2D eigenvalue weighted by Gasteiger charge is -2.32. The molecule has 19 heavy (non-hydrogen) atoms. The van der Waals surface area contributed by atoms with Gasteiger partial charge in [0.1, 0.15) is 5.82 Å². The molecule has 0 amide bonds. The lowest BCUT2D eigenvalue weighted by atomic mass is 9.77. The highest BCUT2D eigenvalue weighted by atomic mass is 35.5. The van der Waals surface area contributed by atoms with Crippen molar-refractivity contribution in [3.8, 4) is 0 Å². The Labute approximate surface area is 119 Å². The first kappa shape index (κ1) is 13.4. The molecule has 0 aromatic heterocycles. The minimum absolute atomic E-state index is 0.179. The van der Waals surface area contributed by atoms with Crippen LogP contribution in [0.15, 0.2) is 18.2 Å². The molecule has 0 bridgehead atoms. The van der Waals surface area contributed by atoms with Crippen molar-refractivity contribution in [1.82, 2.24) is 5.32 Å². The summed E-state index contributed by atoms with van der Waals surface area (Å²) in [6, 6.07) is 4.73. The zero-order chi connectivity index (χ0) is 13.5. The van der Waals surface area contributed by atoms with Gasteiger partial charge in [0, 0.05) is 11.6 Å². The third-order valence-electron chi connectivity index (χ3n) is 4.78. The summed E-state index contributed by atoms with van der Waals surface area (Å²) in [5, 5.41) is 4.20. The third-order valence-corrected chi connectivity index (χ3v) is 5.15.